The number of hydrogen-bond acceptors (Lipinski definition) is 5. The average molecular weight is 234 g/mol. The van der Waals surface area contributed by atoms with Crippen molar-refractivity contribution in [3.8, 4) is 5.88 Å². The minimum Gasteiger partial charge on any atom is -0.492 e. The van der Waals surface area contributed by atoms with Crippen molar-refractivity contribution >= 4 is 11.6 Å². The molecular weight excluding hydrogens is 224 g/mol. The van der Waals surface area contributed by atoms with E-state index in [0.717, 1.165) is 6.42 Å². The molecule has 0 amide bonds. The van der Waals surface area contributed by atoms with Gasteiger partial charge in [-0.3, -0.25) is 4.79 Å². The van der Waals surface area contributed by atoms with Gasteiger partial charge < -0.3 is 10.1 Å². The van der Waals surface area contributed by atoms with Gasteiger partial charge in [0.2, 0.25) is 17.5 Å². The van der Waals surface area contributed by atoms with E-state index in [0.29, 0.717) is 19.0 Å². The van der Waals surface area contributed by atoms with E-state index in [9.17, 15) is 9.90 Å². The maximum Gasteiger partial charge on any atom is 0.298 e. The lowest BCUT2D eigenvalue weighted by Crippen LogP contribution is -2.16. The van der Waals surface area contributed by atoms with Crippen LogP contribution >= 0.6 is 0 Å². The Morgan fingerprint density at radius 2 is 2.18 bits per heavy atom. The number of rotatable bonds is 2. The monoisotopic (exact) mass is 234 g/mol. The summed E-state index contributed by atoms with van der Waals surface area (Å²) in [6, 6.07) is 0. The van der Waals surface area contributed by atoms with Crippen molar-refractivity contribution < 1.29 is 5.11 Å². The molecule has 3 rings (SSSR count). The first-order valence-electron chi connectivity index (χ1n) is 5.21. The Morgan fingerprint density at radius 1 is 1.35 bits per heavy atom. The van der Waals surface area contributed by atoms with Crippen LogP contribution in [0, 0.1) is 0 Å². The zero-order valence-corrected chi connectivity index (χ0v) is 8.87. The van der Waals surface area contributed by atoms with Crippen molar-refractivity contribution in [3.63, 3.8) is 0 Å². The number of H-pyrrole nitrogens is 1. The van der Waals surface area contributed by atoms with E-state index >= 15 is 0 Å². The largest absolute Gasteiger partial charge is 0.492 e. The molecule has 2 aromatic rings. The van der Waals surface area contributed by atoms with Gasteiger partial charge in [0, 0.05) is 25.5 Å². The lowest BCUT2D eigenvalue weighted by Gasteiger charge is -1.97. The first-order valence-corrected chi connectivity index (χ1v) is 5.21. The van der Waals surface area contributed by atoms with Crippen LogP contribution in [0.1, 0.15) is 6.42 Å². The van der Waals surface area contributed by atoms with Crippen LogP contribution in [-0.2, 0) is 13.1 Å². The van der Waals surface area contributed by atoms with E-state index in [2.05, 4.69) is 20.2 Å². The van der Waals surface area contributed by atoms with Gasteiger partial charge in [-0.05, 0) is 6.42 Å². The number of hydrogen-bond donors (Lipinski definition) is 2. The fourth-order valence-corrected chi connectivity index (χ4v) is 1.88. The molecule has 3 heterocycles. The molecule has 0 bridgehead atoms. The Bertz CT molecular complexity index is 621. The fraction of sp³-hybridized carbons (Fsp3) is 0.333. The molecule has 0 spiro atoms. The Kier molecular flexibility index (Phi) is 2.07. The summed E-state index contributed by atoms with van der Waals surface area (Å²) < 4.78 is 2.98. The number of nitrogens with one attached hydrogen (secondary N) is 1. The third-order valence-electron chi connectivity index (χ3n) is 2.65. The summed E-state index contributed by atoms with van der Waals surface area (Å²) in [6.07, 6.45) is 3.97. The van der Waals surface area contributed by atoms with Gasteiger partial charge in [0.25, 0.3) is 5.56 Å². The lowest BCUT2D eigenvalue weighted by atomic mass is 10.4. The van der Waals surface area contributed by atoms with Crippen molar-refractivity contribution in [1.29, 1.82) is 0 Å². The standard InChI is InChI=1S/C9H10N6O2/c16-7-6(12-13-9-10-2-3-11-9)8(17)15-5-1-4-14(7)15/h2-3,16H,1,4-5H2,(H,10,11)/b13-12+. The van der Waals surface area contributed by atoms with E-state index < -0.39 is 0 Å². The molecule has 1 aliphatic heterocycles. The summed E-state index contributed by atoms with van der Waals surface area (Å²) in [5.74, 6) is 0.156. The minimum atomic E-state index is -0.324. The highest BCUT2D eigenvalue weighted by Crippen LogP contribution is 2.26. The predicted molar refractivity (Wildman–Crippen MR) is 57.7 cm³/mol. The third kappa shape index (κ3) is 1.45. The zero-order valence-electron chi connectivity index (χ0n) is 8.87. The molecule has 0 radical (unpaired) electrons. The highest BCUT2D eigenvalue weighted by atomic mass is 16.3. The van der Waals surface area contributed by atoms with Gasteiger partial charge in [-0.1, -0.05) is 0 Å². The SMILES string of the molecule is O=c1c(/N=N/c2ncc[nH]2)c(O)n2n1CCC2. The third-order valence-corrected chi connectivity index (χ3v) is 2.65. The Balaban J connectivity index is 2.02. The van der Waals surface area contributed by atoms with Crippen LogP contribution < -0.4 is 5.56 Å². The quantitative estimate of drug-likeness (QED) is 0.754. The molecule has 2 aromatic heterocycles. The second kappa shape index (κ2) is 3.58. The molecule has 8 nitrogen and oxygen atoms in total. The van der Waals surface area contributed by atoms with Crippen LogP contribution in [0.15, 0.2) is 27.4 Å². The lowest BCUT2D eigenvalue weighted by molar-refractivity contribution is 0.399. The smallest absolute Gasteiger partial charge is 0.298 e. The van der Waals surface area contributed by atoms with Crippen LogP contribution in [0.4, 0.5) is 11.6 Å². The molecule has 0 saturated heterocycles. The molecule has 0 aromatic carbocycles. The van der Waals surface area contributed by atoms with E-state index in [1.54, 1.807) is 6.20 Å². The second-order valence-electron chi connectivity index (χ2n) is 3.69. The van der Waals surface area contributed by atoms with Crippen molar-refractivity contribution in [1.82, 2.24) is 19.3 Å². The first kappa shape index (κ1) is 9.82. The Morgan fingerprint density at radius 3 is 2.88 bits per heavy atom. The van der Waals surface area contributed by atoms with Gasteiger partial charge in [0.15, 0.2) is 0 Å². The molecule has 0 fully saturated rings. The van der Waals surface area contributed by atoms with E-state index in [4.69, 9.17) is 0 Å². The van der Waals surface area contributed by atoms with Gasteiger partial charge in [0.1, 0.15) is 0 Å². The van der Waals surface area contributed by atoms with E-state index in [1.807, 2.05) is 0 Å². The first-order chi connectivity index (χ1) is 8.27. The van der Waals surface area contributed by atoms with E-state index in [-0.39, 0.29) is 17.1 Å². The van der Waals surface area contributed by atoms with Crippen molar-refractivity contribution in [2.75, 3.05) is 0 Å². The van der Waals surface area contributed by atoms with Gasteiger partial charge >= 0.3 is 0 Å². The number of azo groups is 1. The van der Waals surface area contributed by atoms with Gasteiger partial charge in [-0.25, -0.2) is 14.3 Å². The highest BCUT2D eigenvalue weighted by Gasteiger charge is 2.22. The van der Waals surface area contributed by atoms with Gasteiger partial charge in [0.05, 0.1) is 0 Å². The molecule has 17 heavy (non-hydrogen) atoms. The average Bonchev–Trinajstić information content (AvgIpc) is 3.01. The molecular formula is C9H10N6O2. The summed E-state index contributed by atoms with van der Waals surface area (Å²) in [7, 11) is 0. The predicted octanol–water partition coefficient (Wildman–Crippen LogP) is 0.898. The summed E-state index contributed by atoms with van der Waals surface area (Å²) in [4.78, 5) is 18.4. The fourth-order valence-electron chi connectivity index (χ4n) is 1.88. The topological polar surface area (TPSA) is 101 Å². The van der Waals surface area contributed by atoms with Crippen LogP contribution in [0.5, 0.6) is 5.88 Å². The molecule has 1 aliphatic rings. The maximum absolute atomic E-state index is 11.8. The summed E-state index contributed by atoms with van der Waals surface area (Å²) in [5.41, 5.74) is -0.364. The van der Waals surface area contributed by atoms with Crippen LogP contribution in [0.3, 0.4) is 0 Å². The van der Waals surface area contributed by atoms with Crippen molar-refractivity contribution in [2.45, 2.75) is 19.5 Å². The molecule has 2 N–H and O–H groups in total. The molecule has 88 valence electrons. The molecule has 0 unspecified atom stereocenters. The molecule has 0 atom stereocenters. The van der Waals surface area contributed by atoms with Crippen LogP contribution in [0.2, 0.25) is 0 Å². The number of aromatic nitrogens is 4. The summed E-state index contributed by atoms with van der Waals surface area (Å²) >= 11 is 0. The number of aromatic amines is 1. The number of imidazole rings is 1. The molecule has 0 aliphatic carbocycles. The van der Waals surface area contributed by atoms with Gasteiger partial charge in [-0.15, -0.1) is 10.2 Å². The molecule has 8 heteroatoms. The second-order valence-corrected chi connectivity index (χ2v) is 3.69. The van der Waals surface area contributed by atoms with Crippen molar-refractivity contribution in [3.05, 3.63) is 22.7 Å². The number of fused-ring (bicyclic) bond motifs is 1. The Labute approximate surface area is 95.2 Å². The zero-order chi connectivity index (χ0) is 11.8. The number of aromatic hydroxyl groups is 1. The van der Waals surface area contributed by atoms with Gasteiger partial charge in [-0.2, -0.15) is 0 Å². The van der Waals surface area contributed by atoms with E-state index in [1.165, 1.54) is 15.6 Å². The highest BCUT2D eigenvalue weighted by molar-refractivity contribution is 5.45. The number of nitrogens with zero attached hydrogens (tertiary/aromatic N) is 5. The van der Waals surface area contributed by atoms with Crippen molar-refractivity contribution in [2.24, 2.45) is 10.2 Å². The normalized spacial score (nSPS) is 14.6. The summed E-state index contributed by atoms with van der Waals surface area (Å²) in [5, 5.41) is 17.3. The Hall–Kier alpha value is -2.38. The van der Waals surface area contributed by atoms with Crippen LogP contribution in [0.25, 0.3) is 0 Å². The maximum atomic E-state index is 11.8. The summed E-state index contributed by atoms with van der Waals surface area (Å²) in [6.45, 7) is 1.22. The van der Waals surface area contributed by atoms with Crippen LogP contribution in [-0.4, -0.2) is 24.4 Å². The minimum absolute atomic E-state index is 0.0406. The molecule has 0 saturated carbocycles.